The first-order valence-corrected chi connectivity index (χ1v) is 3.67. The summed E-state index contributed by atoms with van der Waals surface area (Å²) in [5, 5.41) is 16.7. The van der Waals surface area contributed by atoms with Crippen LogP contribution in [0.15, 0.2) is 0 Å². The standard InChI is InChI=1S/C5H8NO4P/c7-2-1-6(4-11-10)3-5(8)9/h7H,1-3H2,(H,8,9). The van der Waals surface area contributed by atoms with Gasteiger partial charge < -0.3 is 0 Å². The third kappa shape index (κ3) is 5.83. The molecule has 0 aliphatic rings. The van der Waals surface area contributed by atoms with Gasteiger partial charge in [-0.3, -0.25) is 0 Å². The Bertz CT molecular complexity index is 222. The van der Waals surface area contributed by atoms with Crippen molar-refractivity contribution in [1.29, 1.82) is 0 Å². The zero-order chi connectivity index (χ0) is 8.69. The van der Waals surface area contributed by atoms with Crippen LogP contribution in [0, 0.1) is 5.75 Å². The van der Waals surface area contributed by atoms with Crippen molar-refractivity contribution >= 4 is 13.9 Å². The summed E-state index contributed by atoms with van der Waals surface area (Å²) < 4.78 is 9.94. The average Bonchev–Trinajstić information content (AvgIpc) is 1.87. The van der Waals surface area contributed by atoms with E-state index in [1.54, 1.807) is 0 Å². The van der Waals surface area contributed by atoms with Crippen LogP contribution in [0.3, 0.4) is 0 Å². The van der Waals surface area contributed by atoms with E-state index in [1.165, 1.54) is 0 Å². The third-order valence-electron chi connectivity index (χ3n) is 0.878. The second kappa shape index (κ2) is 6.13. The SMILES string of the molecule is O=P#CN(CCO)CC(=O)O. The fourth-order valence-electron chi connectivity index (χ4n) is 0.506. The van der Waals surface area contributed by atoms with Crippen LogP contribution in [0.4, 0.5) is 0 Å². The summed E-state index contributed by atoms with van der Waals surface area (Å²) in [5.74, 6) is 1.18. The molecular weight excluding hydrogens is 169 g/mol. The van der Waals surface area contributed by atoms with Gasteiger partial charge in [0.15, 0.2) is 0 Å². The Balaban J connectivity index is 3.95. The first kappa shape index (κ1) is 10.4. The summed E-state index contributed by atoms with van der Waals surface area (Å²) in [6.45, 7) is -0.354. The summed E-state index contributed by atoms with van der Waals surface area (Å²) in [5.41, 5.74) is 0. The van der Waals surface area contributed by atoms with E-state index in [4.69, 9.17) is 10.2 Å². The van der Waals surface area contributed by atoms with E-state index < -0.39 is 5.97 Å². The monoisotopic (exact) mass is 177 g/mol. The first-order valence-electron chi connectivity index (χ1n) is 2.86. The summed E-state index contributed by atoms with van der Waals surface area (Å²) in [6, 6.07) is 0. The van der Waals surface area contributed by atoms with E-state index >= 15 is 0 Å². The van der Waals surface area contributed by atoms with Crippen LogP contribution in [0.2, 0.25) is 0 Å². The minimum atomic E-state index is -1.05. The van der Waals surface area contributed by atoms with Crippen molar-refractivity contribution in [1.82, 2.24) is 4.90 Å². The van der Waals surface area contributed by atoms with Gasteiger partial charge >= 0.3 is 63.8 Å². The Labute approximate surface area is 64.7 Å². The third-order valence-corrected chi connectivity index (χ3v) is 1.24. The molecule has 0 atom stereocenters. The number of aliphatic hydroxyl groups is 1. The number of carboxylic acids is 1. The Morgan fingerprint density at radius 2 is 2.27 bits per heavy atom. The molecule has 5 nitrogen and oxygen atoms in total. The molecule has 0 aliphatic carbocycles. The van der Waals surface area contributed by atoms with Crippen molar-refractivity contribution in [3.8, 4) is 5.75 Å². The zero-order valence-electron chi connectivity index (χ0n) is 5.73. The maximum atomic E-state index is 10.1. The Morgan fingerprint density at radius 1 is 1.64 bits per heavy atom. The van der Waals surface area contributed by atoms with Crippen LogP contribution in [0.25, 0.3) is 0 Å². The summed E-state index contributed by atoms with van der Waals surface area (Å²) in [6.07, 6.45) is 0. The van der Waals surface area contributed by atoms with Gasteiger partial charge in [-0.05, 0) is 0 Å². The van der Waals surface area contributed by atoms with Crippen molar-refractivity contribution in [2.75, 3.05) is 19.7 Å². The molecule has 0 heterocycles. The minimum absolute atomic E-state index is 0.127. The molecule has 0 aromatic carbocycles. The summed E-state index contributed by atoms with van der Waals surface area (Å²) in [7, 11) is -0.379. The molecule has 0 unspecified atom stereocenters. The molecule has 0 aromatic rings. The van der Waals surface area contributed by atoms with Gasteiger partial charge in [0.2, 0.25) is 0 Å². The predicted molar refractivity (Wildman–Crippen MR) is 37.8 cm³/mol. The van der Waals surface area contributed by atoms with Crippen LogP contribution < -0.4 is 0 Å². The number of carbonyl (C=O) groups is 1. The van der Waals surface area contributed by atoms with Crippen molar-refractivity contribution in [2.24, 2.45) is 0 Å². The molecule has 0 aromatic heterocycles. The molecule has 0 saturated heterocycles. The van der Waals surface area contributed by atoms with E-state index in [1.807, 2.05) is 0 Å². The number of rotatable bonds is 4. The van der Waals surface area contributed by atoms with Gasteiger partial charge in [-0.1, -0.05) is 0 Å². The van der Waals surface area contributed by atoms with Crippen LogP contribution in [0.1, 0.15) is 0 Å². The van der Waals surface area contributed by atoms with Crippen molar-refractivity contribution in [3.05, 3.63) is 0 Å². The molecule has 2 N–H and O–H groups in total. The molecule has 0 aliphatic heterocycles. The fourth-order valence-corrected chi connectivity index (χ4v) is 0.792. The molecule has 0 rings (SSSR count). The summed E-state index contributed by atoms with van der Waals surface area (Å²) >= 11 is 0. The van der Waals surface area contributed by atoms with Gasteiger partial charge in [0.1, 0.15) is 0 Å². The van der Waals surface area contributed by atoms with Crippen LogP contribution in [-0.4, -0.2) is 40.8 Å². The normalized spacial score (nSPS) is 9.27. The number of hydrogen-bond donors (Lipinski definition) is 2. The topological polar surface area (TPSA) is 77.8 Å². The average molecular weight is 177 g/mol. The molecule has 0 saturated carbocycles. The Kier molecular flexibility index (Phi) is 5.80. The second-order valence-electron chi connectivity index (χ2n) is 1.73. The van der Waals surface area contributed by atoms with Gasteiger partial charge in [-0.15, -0.1) is 0 Å². The van der Waals surface area contributed by atoms with Gasteiger partial charge in [-0.25, -0.2) is 0 Å². The van der Waals surface area contributed by atoms with Gasteiger partial charge in [0.05, 0.1) is 0 Å². The van der Waals surface area contributed by atoms with Crippen LogP contribution >= 0.6 is 7.92 Å². The van der Waals surface area contributed by atoms with Crippen molar-refractivity contribution < 1.29 is 19.6 Å². The molecule has 0 radical (unpaired) electrons. The molecule has 6 heteroatoms. The fraction of sp³-hybridized carbons (Fsp3) is 0.600. The molecular formula is C5H8NO4P. The van der Waals surface area contributed by atoms with E-state index in [9.17, 15) is 9.36 Å². The van der Waals surface area contributed by atoms with Crippen molar-refractivity contribution in [2.45, 2.75) is 0 Å². The van der Waals surface area contributed by atoms with E-state index in [2.05, 4.69) is 5.75 Å². The van der Waals surface area contributed by atoms with Crippen LogP contribution in [0.5, 0.6) is 0 Å². The number of aliphatic carboxylic acids is 1. The van der Waals surface area contributed by atoms with E-state index in [0.29, 0.717) is 0 Å². The van der Waals surface area contributed by atoms with Gasteiger partial charge in [-0.2, -0.15) is 0 Å². The number of nitrogens with zero attached hydrogens (tertiary/aromatic N) is 1. The molecule has 0 amide bonds. The Morgan fingerprint density at radius 3 is 2.64 bits per heavy atom. The predicted octanol–water partition coefficient (Wildman–Crippen LogP) is -0.426. The quantitative estimate of drug-likeness (QED) is 0.450. The molecule has 11 heavy (non-hydrogen) atoms. The van der Waals surface area contributed by atoms with E-state index in [0.717, 1.165) is 4.90 Å². The van der Waals surface area contributed by atoms with Crippen LogP contribution in [-0.2, 0) is 9.36 Å². The molecule has 0 bridgehead atoms. The maximum absolute atomic E-state index is 10.1. The Hall–Kier alpha value is -0.600. The van der Waals surface area contributed by atoms with E-state index in [-0.39, 0.29) is 27.6 Å². The molecule has 0 spiro atoms. The first-order chi connectivity index (χ1) is 5.20. The number of aliphatic hydroxyl groups excluding tert-OH is 1. The number of carboxylic acid groups (broad SMARTS) is 1. The molecule has 0 fully saturated rings. The second-order valence-corrected chi connectivity index (χ2v) is 2.11. The van der Waals surface area contributed by atoms with Gasteiger partial charge in [0.25, 0.3) is 0 Å². The number of hydrogen-bond acceptors (Lipinski definition) is 4. The van der Waals surface area contributed by atoms with Crippen molar-refractivity contribution in [3.63, 3.8) is 0 Å². The summed E-state index contributed by atoms with van der Waals surface area (Å²) in [4.78, 5) is 11.2. The molecule has 62 valence electrons. The zero-order valence-corrected chi connectivity index (χ0v) is 6.62. The van der Waals surface area contributed by atoms with Gasteiger partial charge in [0, 0.05) is 0 Å².